The van der Waals surface area contributed by atoms with Crippen molar-refractivity contribution < 1.29 is 14.6 Å². The molecule has 1 fully saturated rings. The molecule has 2 rings (SSSR count). The number of piperazine rings is 1. The minimum Gasteiger partial charge on any atom is -0.493 e. The normalized spacial score (nSPS) is 15.3. The summed E-state index contributed by atoms with van der Waals surface area (Å²) >= 11 is 0. The van der Waals surface area contributed by atoms with E-state index in [0.717, 1.165) is 31.7 Å². The number of ether oxygens (including phenoxy) is 1. The minimum absolute atomic E-state index is 0.0537. The molecule has 0 aliphatic carbocycles. The Kier molecular flexibility index (Phi) is 5.18. The lowest BCUT2D eigenvalue weighted by Gasteiger charge is -2.27. The number of para-hydroxylation sites is 1. The van der Waals surface area contributed by atoms with Crippen molar-refractivity contribution in [3.8, 4) is 5.75 Å². The zero-order valence-electron chi connectivity index (χ0n) is 11.0. The zero-order chi connectivity index (χ0) is 13.5. The lowest BCUT2D eigenvalue weighted by atomic mass is 10.2. The van der Waals surface area contributed by atoms with Gasteiger partial charge >= 0.3 is 0 Å². The summed E-state index contributed by atoms with van der Waals surface area (Å²) in [5.74, 6) is 0.779. The summed E-state index contributed by atoms with van der Waals surface area (Å²) in [5, 5.41) is 12.4. The smallest absolute Gasteiger partial charge is 0.226 e. The fourth-order valence-corrected chi connectivity index (χ4v) is 2.10. The average molecular weight is 264 g/mol. The molecule has 19 heavy (non-hydrogen) atoms. The van der Waals surface area contributed by atoms with E-state index < -0.39 is 0 Å². The lowest BCUT2D eigenvalue weighted by molar-refractivity contribution is -0.132. The first-order chi connectivity index (χ1) is 9.31. The molecule has 5 heteroatoms. The molecule has 104 valence electrons. The molecular formula is C14H20N2O3. The molecule has 0 atom stereocenters. The molecule has 0 radical (unpaired) electrons. The third-order valence-electron chi connectivity index (χ3n) is 3.19. The Balaban J connectivity index is 1.78. The van der Waals surface area contributed by atoms with Gasteiger partial charge in [-0.2, -0.15) is 0 Å². The van der Waals surface area contributed by atoms with Crippen molar-refractivity contribution in [1.29, 1.82) is 0 Å². The van der Waals surface area contributed by atoms with Crippen LogP contribution < -0.4 is 10.1 Å². The highest BCUT2D eigenvalue weighted by Gasteiger charge is 2.15. The first kappa shape index (κ1) is 13.8. The van der Waals surface area contributed by atoms with Crippen molar-refractivity contribution in [1.82, 2.24) is 10.2 Å². The van der Waals surface area contributed by atoms with E-state index in [1.807, 2.05) is 23.1 Å². The molecule has 0 saturated carbocycles. The van der Waals surface area contributed by atoms with Crippen LogP contribution in [0, 0.1) is 0 Å². The van der Waals surface area contributed by atoms with E-state index in [1.165, 1.54) is 0 Å². The van der Waals surface area contributed by atoms with Gasteiger partial charge in [0.15, 0.2) is 0 Å². The highest BCUT2D eigenvalue weighted by atomic mass is 16.5. The number of hydrogen-bond acceptors (Lipinski definition) is 4. The van der Waals surface area contributed by atoms with Gasteiger partial charge < -0.3 is 20.1 Å². The second-order valence-corrected chi connectivity index (χ2v) is 4.50. The van der Waals surface area contributed by atoms with Gasteiger partial charge in [-0.15, -0.1) is 0 Å². The van der Waals surface area contributed by atoms with E-state index in [9.17, 15) is 4.79 Å². The maximum atomic E-state index is 11.9. The molecule has 5 nitrogen and oxygen atoms in total. The van der Waals surface area contributed by atoms with Gasteiger partial charge in [-0.3, -0.25) is 4.79 Å². The Labute approximate surface area is 113 Å². The Hall–Kier alpha value is -1.59. The predicted molar refractivity (Wildman–Crippen MR) is 71.9 cm³/mol. The van der Waals surface area contributed by atoms with Gasteiger partial charge in [-0.1, -0.05) is 18.2 Å². The van der Waals surface area contributed by atoms with Gasteiger partial charge in [0, 0.05) is 31.7 Å². The number of benzene rings is 1. The van der Waals surface area contributed by atoms with Crippen LogP contribution in [0.2, 0.25) is 0 Å². The number of aliphatic hydroxyl groups is 1. The fourth-order valence-electron chi connectivity index (χ4n) is 2.10. The summed E-state index contributed by atoms with van der Waals surface area (Å²) in [7, 11) is 0. The average Bonchev–Trinajstić information content (AvgIpc) is 2.48. The second kappa shape index (κ2) is 7.11. The summed E-state index contributed by atoms with van der Waals surface area (Å²) in [5.41, 5.74) is 0.747. The van der Waals surface area contributed by atoms with Crippen molar-refractivity contribution in [2.24, 2.45) is 0 Å². The second-order valence-electron chi connectivity index (χ2n) is 4.50. The van der Waals surface area contributed by atoms with Gasteiger partial charge in [0.1, 0.15) is 5.75 Å². The molecule has 0 bridgehead atoms. The standard InChI is InChI=1S/C14H20N2O3/c17-11-12-3-1-2-4-13(12)19-10-5-14(18)16-8-6-15-7-9-16/h1-4,15,17H,5-11H2. The number of nitrogens with one attached hydrogen (secondary N) is 1. The Bertz CT molecular complexity index is 417. The van der Waals surface area contributed by atoms with Crippen LogP contribution in [-0.4, -0.2) is 48.7 Å². The summed E-state index contributed by atoms with van der Waals surface area (Å²) in [6.45, 7) is 3.56. The van der Waals surface area contributed by atoms with Crippen LogP contribution in [0.25, 0.3) is 0 Å². The van der Waals surface area contributed by atoms with Gasteiger partial charge in [-0.05, 0) is 6.07 Å². The lowest BCUT2D eigenvalue weighted by Crippen LogP contribution is -2.46. The van der Waals surface area contributed by atoms with E-state index in [0.29, 0.717) is 18.8 Å². The number of nitrogens with zero attached hydrogens (tertiary/aromatic N) is 1. The van der Waals surface area contributed by atoms with Crippen LogP contribution in [-0.2, 0) is 11.4 Å². The number of carbonyl (C=O) groups is 1. The van der Waals surface area contributed by atoms with Crippen molar-refractivity contribution in [3.05, 3.63) is 29.8 Å². The third-order valence-corrected chi connectivity index (χ3v) is 3.19. The summed E-state index contributed by atoms with van der Waals surface area (Å²) in [4.78, 5) is 13.8. The number of amides is 1. The van der Waals surface area contributed by atoms with E-state index >= 15 is 0 Å². The van der Waals surface area contributed by atoms with Gasteiger partial charge in [-0.25, -0.2) is 0 Å². The van der Waals surface area contributed by atoms with Crippen LogP contribution in [0.3, 0.4) is 0 Å². The molecule has 1 heterocycles. The molecule has 1 aromatic carbocycles. The molecule has 0 aromatic heterocycles. The van der Waals surface area contributed by atoms with Gasteiger partial charge in [0.05, 0.1) is 19.6 Å². The van der Waals surface area contributed by atoms with Crippen molar-refractivity contribution >= 4 is 5.91 Å². The minimum atomic E-state index is -0.0537. The SMILES string of the molecule is O=C(CCOc1ccccc1CO)N1CCNCC1. The van der Waals surface area contributed by atoms with Crippen molar-refractivity contribution in [2.75, 3.05) is 32.8 Å². The largest absolute Gasteiger partial charge is 0.493 e. The molecule has 0 unspecified atom stereocenters. The Morgan fingerprint density at radius 1 is 1.32 bits per heavy atom. The number of hydrogen-bond donors (Lipinski definition) is 2. The fraction of sp³-hybridized carbons (Fsp3) is 0.500. The van der Waals surface area contributed by atoms with Crippen LogP contribution >= 0.6 is 0 Å². The van der Waals surface area contributed by atoms with Gasteiger partial charge in [0.2, 0.25) is 5.91 Å². The predicted octanol–water partition coefficient (Wildman–Crippen LogP) is 0.380. The van der Waals surface area contributed by atoms with E-state index in [-0.39, 0.29) is 12.5 Å². The maximum Gasteiger partial charge on any atom is 0.226 e. The number of aliphatic hydroxyl groups excluding tert-OH is 1. The van der Waals surface area contributed by atoms with Crippen molar-refractivity contribution in [3.63, 3.8) is 0 Å². The number of rotatable bonds is 5. The molecule has 2 N–H and O–H groups in total. The van der Waals surface area contributed by atoms with Crippen LogP contribution in [0.5, 0.6) is 5.75 Å². The highest BCUT2D eigenvalue weighted by Crippen LogP contribution is 2.17. The topological polar surface area (TPSA) is 61.8 Å². The molecule has 1 aliphatic heterocycles. The maximum absolute atomic E-state index is 11.9. The quantitative estimate of drug-likeness (QED) is 0.807. The summed E-state index contributed by atoms with van der Waals surface area (Å²) in [6.07, 6.45) is 0.375. The summed E-state index contributed by atoms with van der Waals surface area (Å²) in [6, 6.07) is 7.32. The highest BCUT2D eigenvalue weighted by molar-refractivity contribution is 5.76. The molecule has 1 saturated heterocycles. The number of carbonyl (C=O) groups excluding carboxylic acids is 1. The van der Waals surface area contributed by atoms with E-state index in [4.69, 9.17) is 9.84 Å². The van der Waals surface area contributed by atoms with E-state index in [1.54, 1.807) is 6.07 Å². The molecule has 0 spiro atoms. The molecule has 1 amide bonds. The van der Waals surface area contributed by atoms with Gasteiger partial charge in [0.25, 0.3) is 0 Å². The first-order valence-corrected chi connectivity index (χ1v) is 6.61. The van der Waals surface area contributed by atoms with E-state index in [2.05, 4.69) is 5.32 Å². The van der Waals surface area contributed by atoms with Crippen molar-refractivity contribution in [2.45, 2.75) is 13.0 Å². The zero-order valence-corrected chi connectivity index (χ0v) is 11.0. The summed E-state index contributed by atoms with van der Waals surface area (Å²) < 4.78 is 5.57. The first-order valence-electron chi connectivity index (χ1n) is 6.61. The Morgan fingerprint density at radius 3 is 2.79 bits per heavy atom. The monoisotopic (exact) mass is 264 g/mol. The van der Waals surface area contributed by atoms with Crippen LogP contribution in [0.1, 0.15) is 12.0 Å². The molecule has 1 aromatic rings. The Morgan fingerprint density at radius 2 is 2.05 bits per heavy atom. The van der Waals surface area contributed by atoms with Crippen LogP contribution in [0.15, 0.2) is 24.3 Å². The van der Waals surface area contributed by atoms with Crippen LogP contribution in [0.4, 0.5) is 0 Å². The molecular weight excluding hydrogens is 244 g/mol. The molecule has 1 aliphatic rings. The third kappa shape index (κ3) is 3.94.